The van der Waals surface area contributed by atoms with E-state index in [4.69, 9.17) is 0 Å². The van der Waals surface area contributed by atoms with Gasteiger partial charge in [-0.25, -0.2) is 0 Å². The molecule has 0 unspecified atom stereocenters. The summed E-state index contributed by atoms with van der Waals surface area (Å²) in [6, 6.07) is 14.0. The number of fused-ring (bicyclic) bond motifs is 3. The minimum Gasteiger partial charge on any atom is -0.344 e. The Labute approximate surface area is 210 Å². The Morgan fingerprint density at radius 1 is 1.00 bits per heavy atom. The standard InChI is InChI=1S/C25H32N4.3ClH/c1-19-6-7-24-22(17-19)23-18-28(21-9-13-27(2)14-10-21)15-11-25(23)29(24)16-8-20-5-3-4-12-26-20;;;/h3-7,12,17,21H,8-11,13-16,18H2,1-2H3;3*1H. The second-order valence-corrected chi connectivity index (χ2v) is 8.92. The van der Waals surface area contributed by atoms with Crippen molar-refractivity contribution in [2.45, 2.75) is 51.7 Å². The van der Waals surface area contributed by atoms with Crippen LogP contribution >= 0.6 is 37.2 Å². The van der Waals surface area contributed by atoms with Crippen molar-refractivity contribution in [1.82, 2.24) is 19.4 Å². The summed E-state index contributed by atoms with van der Waals surface area (Å²) in [5.74, 6) is 0. The largest absolute Gasteiger partial charge is 0.344 e. The summed E-state index contributed by atoms with van der Waals surface area (Å²) in [6.07, 6.45) is 6.68. The second-order valence-electron chi connectivity index (χ2n) is 8.92. The van der Waals surface area contributed by atoms with Crippen LogP contribution in [0.5, 0.6) is 0 Å². The Balaban J connectivity index is 0.00000121. The van der Waals surface area contributed by atoms with Crippen molar-refractivity contribution in [3.63, 3.8) is 0 Å². The van der Waals surface area contributed by atoms with E-state index < -0.39 is 0 Å². The monoisotopic (exact) mass is 496 g/mol. The number of nitrogens with zero attached hydrogens (tertiary/aromatic N) is 4. The molecule has 1 saturated heterocycles. The fourth-order valence-corrected chi connectivity index (χ4v) is 5.28. The highest BCUT2D eigenvalue weighted by atomic mass is 35.5. The van der Waals surface area contributed by atoms with Gasteiger partial charge in [0.05, 0.1) is 0 Å². The van der Waals surface area contributed by atoms with E-state index >= 15 is 0 Å². The fourth-order valence-electron chi connectivity index (χ4n) is 5.28. The number of piperidine rings is 1. The molecule has 176 valence electrons. The molecule has 4 heterocycles. The van der Waals surface area contributed by atoms with Gasteiger partial charge in [0.15, 0.2) is 0 Å². The third-order valence-corrected chi connectivity index (χ3v) is 6.96. The summed E-state index contributed by atoms with van der Waals surface area (Å²) < 4.78 is 2.59. The van der Waals surface area contributed by atoms with Gasteiger partial charge in [-0.05, 0) is 69.7 Å². The molecule has 2 aliphatic heterocycles. The van der Waals surface area contributed by atoms with E-state index in [1.54, 1.807) is 11.3 Å². The van der Waals surface area contributed by atoms with Crippen LogP contribution in [0, 0.1) is 6.92 Å². The Morgan fingerprint density at radius 2 is 1.78 bits per heavy atom. The summed E-state index contributed by atoms with van der Waals surface area (Å²) in [6.45, 7) is 8.01. The van der Waals surface area contributed by atoms with E-state index in [1.165, 1.54) is 54.6 Å². The molecule has 32 heavy (non-hydrogen) atoms. The van der Waals surface area contributed by atoms with E-state index in [0.29, 0.717) is 0 Å². The highest BCUT2D eigenvalue weighted by Crippen LogP contribution is 2.33. The van der Waals surface area contributed by atoms with Crippen molar-refractivity contribution in [3.8, 4) is 0 Å². The van der Waals surface area contributed by atoms with Crippen LogP contribution in [0.4, 0.5) is 0 Å². The molecule has 0 radical (unpaired) electrons. The summed E-state index contributed by atoms with van der Waals surface area (Å²) in [5.41, 5.74) is 7.08. The molecule has 0 spiro atoms. The number of pyridine rings is 1. The molecule has 7 heteroatoms. The van der Waals surface area contributed by atoms with Gasteiger partial charge in [0.1, 0.15) is 0 Å². The quantitative estimate of drug-likeness (QED) is 0.488. The molecule has 3 aromatic rings. The van der Waals surface area contributed by atoms with Crippen LogP contribution in [-0.4, -0.2) is 52.1 Å². The van der Waals surface area contributed by atoms with Gasteiger partial charge in [-0.1, -0.05) is 17.7 Å². The topological polar surface area (TPSA) is 24.3 Å². The molecule has 5 rings (SSSR count). The number of aromatic nitrogens is 2. The van der Waals surface area contributed by atoms with Gasteiger partial charge in [-0.3, -0.25) is 9.88 Å². The van der Waals surface area contributed by atoms with Gasteiger partial charge < -0.3 is 9.47 Å². The number of likely N-dealkylation sites (tertiary alicyclic amines) is 1. The lowest BCUT2D eigenvalue weighted by Crippen LogP contribution is -2.45. The first-order chi connectivity index (χ1) is 14.2. The molecule has 1 fully saturated rings. The molecule has 0 atom stereocenters. The first-order valence-electron chi connectivity index (χ1n) is 11.1. The third-order valence-electron chi connectivity index (χ3n) is 6.96. The second kappa shape index (κ2) is 11.7. The smallest absolute Gasteiger partial charge is 0.0486 e. The molecule has 2 aromatic heterocycles. The zero-order chi connectivity index (χ0) is 19.8. The number of hydrogen-bond donors (Lipinski definition) is 0. The van der Waals surface area contributed by atoms with Crippen LogP contribution in [0.3, 0.4) is 0 Å². The van der Waals surface area contributed by atoms with E-state index in [-0.39, 0.29) is 37.2 Å². The van der Waals surface area contributed by atoms with Gasteiger partial charge in [0, 0.05) is 67.0 Å². The molecule has 1 aromatic carbocycles. The maximum absolute atomic E-state index is 4.54. The summed E-state index contributed by atoms with van der Waals surface area (Å²) >= 11 is 0. The van der Waals surface area contributed by atoms with Gasteiger partial charge in [-0.2, -0.15) is 0 Å². The van der Waals surface area contributed by atoms with E-state index in [1.807, 2.05) is 12.3 Å². The third kappa shape index (κ3) is 5.43. The molecule has 0 N–H and O–H groups in total. The molecule has 0 amide bonds. The summed E-state index contributed by atoms with van der Waals surface area (Å²) in [5, 5.41) is 1.47. The van der Waals surface area contributed by atoms with Gasteiger partial charge in [0.25, 0.3) is 0 Å². The zero-order valence-electron chi connectivity index (χ0n) is 19.0. The number of hydrogen-bond acceptors (Lipinski definition) is 3. The van der Waals surface area contributed by atoms with Crippen LogP contribution in [0.15, 0.2) is 42.6 Å². The number of aryl methyl sites for hydroxylation is 3. The molecule has 2 aliphatic rings. The minimum absolute atomic E-state index is 0. The van der Waals surface area contributed by atoms with Crippen molar-refractivity contribution in [3.05, 3.63) is 65.1 Å². The van der Waals surface area contributed by atoms with Crippen molar-refractivity contribution >= 4 is 48.1 Å². The van der Waals surface area contributed by atoms with Crippen LogP contribution in [0.2, 0.25) is 0 Å². The Bertz CT molecular complexity index is 997. The highest BCUT2D eigenvalue weighted by Gasteiger charge is 2.29. The lowest BCUT2D eigenvalue weighted by molar-refractivity contribution is 0.109. The summed E-state index contributed by atoms with van der Waals surface area (Å²) in [4.78, 5) is 9.77. The molecular formula is C25H35Cl3N4. The first-order valence-corrected chi connectivity index (χ1v) is 11.1. The lowest BCUT2D eigenvalue weighted by atomic mass is 9.97. The Kier molecular flexibility index (Phi) is 9.86. The number of halogens is 3. The minimum atomic E-state index is 0. The summed E-state index contributed by atoms with van der Waals surface area (Å²) in [7, 11) is 2.25. The number of benzene rings is 1. The normalized spacial score (nSPS) is 17.2. The Morgan fingerprint density at radius 3 is 2.50 bits per heavy atom. The van der Waals surface area contributed by atoms with Crippen LogP contribution in [-0.2, 0) is 25.9 Å². The lowest BCUT2D eigenvalue weighted by Gasteiger charge is -2.39. The van der Waals surface area contributed by atoms with Crippen LogP contribution < -0.4 is 0 Å². The van der Waals surface area contributed by atoms with Crippen molar-refractivity contribution in [2.24, 2.45) is 0 Å². The van der Waals surface area contributed by atoms with Gasteiger partial charge >= 0.3 is 0 Å². The number of rotatable bonds is 4. The SMILES string of the molecule is Cc1ccc2c(c1)c1c(n2CCc2ccccn2)CCN(C2CCN(C)CC2)C1.Cl.Cl.Cl. The maximum Gasteiger partial charge on any atom is 0.0486 e. The molecular weight excluding hydrogens is 463 g/mol. The zero-order valence-corrected chi connectivity index (χ0v) is 21.4. The van der Waals surface area contributed by atoms with Gasteiger partial charge in [-0.15, -0.1) is 37.2 Å². The van der Waals surface area contributed by atoms with Gasteiger partial charge in [0.2, 0.25) is 0 Å². The van der Waals surface area contributed by atoms with Crippen molar-refractivity contribution < 1.29 is 0 Å². The predicted octanol–water partition coefficient (Wildman–Crippen LogP) is 5.31. The van der Waals surface area contributed by atoms with E-state index in [0.717, 1.165) is 32.0 Å². The Hall–Kier alpha value is -1.30. The predicted molar refractivity (Wildman–Crippen MR) is 141 cm³/mol. The molecule has 0 bridgehead atoms. The van der Waals surface area contributed by atoms with Crippen molar-refractivity contribution in [2.75, 3.05) is 26.7 Å². The van der Waals surface area contributed by atoms with Crippen LogP contribution in [0.25, 0.3) is 10.9 Å². The highest BCUT2D eigenvalue weighted by molar-refractivity contribution is 5.86. The first kappa shape index (κ1) is 26.9. The van der Waals surface area contributed by atoms with E-state index in [9.17, 15) is 0 Å². The molecule has 4 nitrogen and oxygen atoms in total. The van der Waals surface area contributed by atoms with Crippen molar-refractivity contribution in [1.29, 1.82) is 0 Å². The average molecular weight is 498 g/mol. The van der Waals surface area contributed by atoms with Crippen LogP contribution in [0.1, 0.15) is 35.4 Å². The fraction of sp³-hybridized carbons (Fsp3) is 0.480. The molecule has 0 saturated carbocycles. The molecule has 0 aliphatic carbocycles. The average Bonchev–Trinajstić information content (AvgIpc) is 3.06. The maximum atomic E-state index is 4.54. The van der Waals surface area contributed by atoms with E-state index in [2.05, 4.69) is 63.7 Å².